The van der Waals surface area contributed by atoms with E-state index in [0.717, 1.165) is 12.8 Å². The van der Waals surface area contributed by atoms with E-state index >= 15 is 0 Å². The first kappa shape index (κ1) is 11.2. The Hall–Kier alpha value is -1.95. The zero-order valence-corrected chi connectivity index (χ0v) is 10.2. The Morgan fingerprint density at radius 3 is 2.83 bits per heavy atom. The molecule has 0 saturated heterocycles. The zero-order chi connectivity index (χ0) is 12.7. The van der Waals surface area contributed by atoms with Gasteiger partial charge in [0, 0.05) is 5.92 Å². The Morgan fingerprint density at radius 2 is 2.17 bits per heavy atom. The summed E-state index contributed by atoms with van der Waals surface area (Å²) in [4.78, 5) is 26.9. The number of amides is 1. The van der Waals surface area contributed by atoms with Gasteiger partial charge in [-0.3, -0.25) is 4.79 Å². The number of hydrogen-bond acceptors (Lipinski definition) is 4. The fourth-order valence-electron chi connectivity index (χ4n) is 1.72. The molecule has 2 N–H and O–H groups in total. The topological polar surface area (TPSA) is 79.3 Å². The highest BCUT2D eigenvalue weighted by Crippen LogP contribution is 2.33. The molecule has 18 heavy (non-hydrogen) atoms. The molecule has 0 unspecified atom stereocenters. The van der Waals surface area contributed by atoms with Crippen LogP contribution in [0.2, 0.25) is 0 Å². The van der Waals surface area contributed by atoms with Crippen LogP contribution in [-0.4, -0.2) is 22.0 Å². The summed E-state index contributed by atoms with van der Waals surface area (Å²) in [6, 6.07) is 4.93. The van der Waals surface area contributed by atoms with Crippen LogP contribution in [-0.2, 0) is 4.79 Å². The SMILES string of the molecule is O=C(O)c1cccc2nc(NC(=O)C3CC3)sc12. The molecule has 0 bridgehead atoms. The number of anilines is 1. The van der Waals surface area contributed by atoms with Crippen LogP contribution in [0, 0.1) is 5.92 Å². The largest absolute Gasteiger partial charge is 0.478 e. The van der Waals surface area contributed by atoms with Crippen molar-refractivity contribution in [3.8, 4) is 0 Å². The second-order valence-corrected chi connectivity index (χ2v) is 5.24. The summed E-state index contributed by atoms with van der Waals surface area (Å²) in [7, 11) is 0. The fourth-order valence-corrected chi connectivity index (χ4v) is 2.70. The molecule has 1 saturated carbocycles. The van der Waals surface area contributed by atoms with Gasteiger partial charge in [-0.25, -0.2) is 9.78 Å². The summed E-state index contributed by atoms with van der Waals surface area (Å²) in [5.74, 6) is -0.897. The van der Waals surface area contributed by atoms with E-state index in [0.29, 0.717) is 15.3 Å². The van der Waals surface area contributed by atoms with Crippen molar-refractivity contribution >= 4 is 38.6 Å². The predicted molar refractivity (Wildman–Crippen MR) is 67.9 cm³/mol. The van der Waals surface area contributed by atoms with Gasteiger partial charge in [0.2, 0.25) is 5.91 Å². The maximum absolute atomic E-state index is 11.6. The molecule has 0 spiro atoms. The lowest BCUT2D eigenvalue weighted by Gasteiger charge is -1.96. The number of fused-ring (bicyclic) bond motifs is 1. The minimum atomic E-state index is -0.982. The fraction of sp³-hybridized carbons (Fsp3) is 0.250. The highest BCUT2D eigenvalue weighted by molar-refractivity contribution is 7.22. The van der Waals surface area contributed by atoms with Crippen LogP contribution in [0.3, 0.4) is 0 Å². The van der Waals surface area contributed by atoms with Crippen molar-refractivity contribution in [1.29, 1.82) is 0 Å². The molecular weight excluding hydrogens is 252 g/mol. The van der Waals surface area contributed by atoms with Gasteiger partial charge in [-0.1, -0.05) is 17.4 Å². The molecular formula is C12H10N2O3S. The maximum atomic E-state index is 11.6. The van der Waals surface area contributed by atoms with Gasteiger partial charge >= 0.3 is 5.97 Å². The van der Waals surface area contributed by atoms with Gasteiger partial charge in [-0.05, 0) is 25.0 Å². The molecule has 0 radical (unpaired) electrons. The first-order valence-electron chi connectivity index (χ1n) is 5.59. The van der Waals surface area contributed by atoms with E-state index in [9.17, 15) is 9.59 Å². The van der Waals surface area contributed by atoms with Crippen molar-refractivity contribution in [3.05, 3.63) is 23.8 Å². The smallest absolute Gasteiger partial charge is 0.337 e. The van der Waals surface area contributed by atoms with Gasteiger partial charge in [0.25, 0.3) is 0 Å². The lowest BCUT2D eigenvalue weighted by atomic mass is 10.2. The molecule has 5 nitrogen and oxygen atoms in total. The zero-order valence-electron chi connectivity index (χ0n) is 9.34. The highest BCUT2D eigenvalue weighted by Gasteiger charge is 2.30. The molecule has 92 valence electrons. The summed E-state index contributed by atoms with van der Waals surface area (Å²) in [5, 5.41) is 12.3. The standard InChI is InChI=1S/C12H10N2O3S/c15-10(6-4-5-6)14-12-13-8-3-1-2-7(11(16)17)9(8)18-12/h1-3,6H,4-5H2,(H,16,17)(H,13,14,15). The van der Waals surface area contributed by atoms with Crippen LogP contribution >= 0.6 is 11.3 Å². The maximum Gasteiger partial charge on any atom is 0.337 e. The number of benzene rings is 1. The number of hydrogen-bond donors (Lipinski definition) is 2. The van der Waals surface area contributed by atoms with Crippen molar-refractivity contribution in [2.75, 3.05) is 5.32 Å². The van der Waals surface area contributed by atoms with E-state index in [4.69, 9.17) is 5.11 Å². The van der Waals surface area contributed by atoms with Crippen molar-refractivity contribution in [2.45, 2.75) is 12.8 Å². The lowest BCUT2D eigenvalue weighted by Crippen LogP contribution is -2.12. The van der Waals surface area contributed by atoms with E-state index in [2.05, 4.69) is 10.3 Å². The Bertz CT molecular complexity index is 646. The summed E-state index contributed by atoms with van der Waals surface area (Å²) < 4.78 is 0.594. The van der Waals surface area contributed by atoms with E-state index in [-0.39, 0.29) is 17.4 Å². The highest BCUT2D eigenvalue weighted by atomic mass is 32.1. The number of carbonyl (C=O) groups excluding carboxylic acids is 1. The van der Waals surface area contributed by atoms with Gasteiger partial charge in [0.15, 0.2) is 5.13 Å². The second kappa shape index (κ2) is 4.06. The predicted octanol–water partition coefficient (Wildman–Crippen LogP) is 2.34. The number of nitrogens with one attached hydrogen (secondary N) is 1. The molecule has 1 aromatic heterocycles. The molecule has 2 aromatic rings. The average Bonchev–Trinajstić information content (AvgIpc) is 3.09. The van der Waals surface area contributed by atoms with Gasteiger partial charge in [-0.2, -0.15) is 0 Å². The third-order valence-electron chi connectivity index (χ3n) is 2.82. The van der Waals surface area contributed by atoms with Crippen LogP contribution < -0.4 is 5.32 Å². The van der Waals surface area contributed by atoms with Crippen molar-refractivity contribution < 1.29 is 14.7 Å². The minimum Gasteiger partial charge on any atom is -0.478 e. The summed E-state index contributed by atoms with van der Waals surface area (Å²) in [5.41, 5.74) is 0.822. The molecule has 1 amide bonds. The van der Waals surface area contributed by atoms with Crippen LogP contribution in [0.1, 0.15) is 23.2 Å². The van der Waals surface area contributed by atoms with Crippen LogP contribution in [0.15, 0.2) is 18.2 Å². The third kappa shape index (κ3) is 1.95. The monoisotopic (exact) mass is 262 g/mol. The molecule has 1 aliphatic carbocycles. The lowest BCUT2D eigenvalue weighted by molar-refractivity contribution is -0.117. The number of nitrogens with zero attached hydrogens (tertiary/aromatic N) is 1. The number of carboxylic acid groups (broad SMARTS) is 1. The number of thiazole rings is 1. The number of carbonyl (C=O) groups is 2. The van der Waals surface area contributed by atoms with Crippen LogP contribution in [0.5, 0.6) is 0 Å². The molecule has 1 heterocycles. The molecule has 0 aliphatic heterocycles. The van der Waals surface area contributed by atoms with Crippen molar-refractivity contribution in [2.24, 2.45) is 5.92 Å². The number of rotatable bonds is 3. The number of carboxylic acids is 1. The molecule has 6 heteroatoms. The van der Waals surface area contributed by atoms with Crippen LogP contribution in [0.25, 0.3) is 10.2 Å². The van der Waals surface area contributed by atoms with Gasteiger partial charge in [0.1, 0.15) is 0 Å². The molecule has 1 aliphatic rings. The average molecular weight is 262 g/mol. The first-order valence-corrected chi connectivity index (χ1v) is 6.40. The number of aromatic nitrogens is 1. The molecule has 3 rings (SSSR count). The third-order valence-corrected chi connectivity index (χ3v) is 3.84. The Morgan fingerprint density at radius 1 is 1.39 bits per heavy atom. The van der Waals surface area contributed by atoms with E-state index in [1.807, 2.05) is 0 Å². The van der Waals surface area contributed by atoms with Crippen molar-refractivity contribution in [3.63, 3.8) is 0 Å². The van der Waals surface area contributed by atoms with E-state index in [1.54, 1.807) is 12.1 Å². The molecule has 1 fully saturated rings. The molecule has 0 atom stereocenters. The summed E-state index contributed by atoms with van der Waals surface area (Å²) >= 11 is 1.20. The Balaban J connectivity index is 1.97. The first-order chi connectivity index (χ1) is 8.65. The van der Waals surface area contributed by atoms with Gasteiger partial charge in [0.05, 0.1) is 15.8 Å². The Labute approximate surface area is 106 Å². The normalized spacial score (nSPS) is 14.7. The quantitative estimate of drug-likeness (QED) is 0.889. The molecule has 1 aromatic carbocycles. The van der Waals surface area contributed by atoms with Gasteiger partial charge in [-0.15, -0.1) is 0 Å². The van der Waals surface area contributed by atoms with E-state index < -0.39 is 5.97 Å². The second-order valence-electron chi connectivity index (χ2n) is 4.24. The summed E-state index contributed by atoms with van der Waals surface area (Å²) in [6.07, 6.45) is 1.86. The number of aromatic carboxylic acids is 1. The minimum absolute atomic E-state index is 0.0223. The summed E-state index contributed by atoms with van der Waals surface area (Å²) in [6.45, 7) is 0. The Kier molecular flexibility index (Phi) is 2.52. The van der Waals surface area contributed by atoms with Crippen LogP contribution in [0.4, 0.5) is 5.13 Å². The van der Waals surface area contributed by atoms with Gasteiger partial charge < -0.3 is 10.4 Å². The van der Waals surface area contributed by atoms with Crippen molar-refractivity contribution in [1.82, 2.24) is 4.98 Å². The van der Waals surface area contributed by atoms with E-state index in [1.165, 1.54) is 17.4 Å².